The van der Waals surface area contributed by atoms with Crippen molar-refractivity contribution < 1.29 is 23.8 Å². The molecule has 2 aliphatic rings. The van der Waals surface area contributed by atoms with Crippen LogP contribution in [0.25, 0.3) is 11.4 Å². The number of rotatable bonds is 8. The van der Waals surface area contributed by atoms with Crippen LogP contribution in [-0.2, 0) is 19.1 Å². The molecule has 2 atom stereocenters. The van der Waals surface area contributed by atoms with E-state index in [-0.39, 0.29) is 31.1 Å². The standard InChI is InChI=1S/C24H32N4O5/c1-2-31-24(30)14-22(29)27-12-5-6-18(16-27)17-33-19-8-9-20(25-15-19)21-10-11-26-28(21)23-7-3-4-13-32-23/h8-11,15,18,23H,2-7,12-14,16-17H2,1H3/t18-,23?/m1/s1. The van der Waals surface area contributed by atoms with E-state index in [0.717, 1.165) is 50.1 Å². The molecule has 0 bridgehead atoms. The van der Waals surface area contributed by atoms with Crippen molar-refractivity contribution in [3.8, 4) is 17.1 Å². The molecular weight excluding hydrogens is 424 g/mol. The van der Waals surface area contributed by atoms with E-state index < -0.39 is 5.97 Å². The summed E-state index contributed by atoms with van der Waals surface area (Å²) in [4.78, 5) is 30.3. The number of carbonyl (C=O) groups is 2. The maximum Gasteiger partial charge on any atom is 0.315 e. The van der Waals surface area contributed by atoms with Gasteiger partial charge in [-0.1, -0.05) is 0 Å². The minimum absolute atomic E-state index is 0.0396. The van der Waals surface area contributed by atoms with Gasteiger partial charge in [0.15, 0.2) is 6.23 Å². The second-order valence-electron chi connectivity index (χ2n) is 8.50. The summed E-state index contributed by atoms with van der Waals surface area (Å²) in [5.74, 6) is 0.259. The van der Waals surface area contributed by atoms with E-state index in [9.17, 15) is 9.59 Å². The topological polar surface area (TPSA) is 95.8 Å². The van der Waals surface area contributed by atoms with Gasteiger partial charge in [-0.3, -0.25) is 14.6 Å². The Balaban J connectivity index is 1.30. The number of hydrogen-bond donors (Lipinski definition) is 0. The number of nitrogens with zero attached hydrogens (tertiary/aromatic N) is 4. The number of hydrogen-bond acceptors (Lipinski definition) is 7. The molecule has 0 N–H and O–H groups in total. The van der Waals surface area contributed by atoms with Crippen LogP contribution in [-0.4, -0.2) is 64.5 Å². The highest BCUT2D eigenvalue weighted by atomic mass is 16.5. The van der Waals surface area contributed by atoms with Crippen LogP contribution in [0, 0.1) is 5.92 Å². The van der Waals surface area contributed by atoms with Crippen LogP contribution in [0.1, 0.15) is 51.7 Å². The number of piperidine rings is 1. The predicted octanol–water partition coefficient (Wildman–Crippen LogP) is 3.21. The minimum atomic E-state index is -0.469. The van der Waals surface area contributed by atoms with Crippen LogP contribution in [0.5, 0.6) is 5.75 Å². The van der Waals surface area contributed by atoms with Crippen LogP contribution in [0.15, 0.2) is 30.6 Å². The molecule has 0 radical (unpaired) electrons. The number of ether oxygens (including phenoxy) is 3. The molecule has 0 aromatic carbocycles. The lowest BCUT2D eigenvalue weighted by Gasteiger charge is -2.32. The Morgan fingerprint density at radius 2 is 2.09 bits per heavy atom. The van der Waals surface area contributed by atoms with Gasteiger partial charge >= 0.3 is 5.97 Å². The van der Waals surface area contributed by atoms with Gasteiger partial charge in [-0.25, -0.2) is 4.68 Å². The third-order valence-corrected chi connectivity index (χ3v) is 6.06. The van der Waals surface area contributed by atoms with E-state index in [0.29, 0.717) is 25.4 Å². The second kappa shape index (κ2) is 11.3. The molecule has 2 saturated heterocycles. The van der Waals surface area contributed by atoms with E-state index in [1.54, 1.807) is 24.2 Å². The van der Waals surface area contributed by atoms with Gasteiger partial charge in [0.2, 0.25) is 5.91 Å². The lowest BCUT2D eigenvalue weighted by Crippen LogP contribution is -2.42. The smallest absolute Gasteiger partial charge is 0.315 e. The van der Waals surface area contributed by atoms with Crippen molar-refractivity contribution in [1.29, 1.82) is 0 Å². The highest BCUT2D eigenvalue weighted by Crippen LogP contribution is 2.28. The number of aromatic nitrogens is 3. The Kier molecular flexibility index (Phi) is 7.93. The summed E-state index contributed by atoms with van der Waals surface area (Å²) in [5.41, 5.74) is 1.75. The molecule has 2 aliphatic heterocycles. The lowest BCUT2D eigenvalue weighted by atomic mass is 9.98. The quantitative estimate of drug-likeness (QED) is 0.444. The van der Waals surface area contributed by atoms with Crippen molar-refractivity contribution >= 4 is 11.9 Å². The van der Waals surface area contributed by atoms with Gasteiger partial charge in [-0.2, -0.15) is 5.10 Å². The van der Waals surface area contributed by atoms with Gasteiger partial charge in [0, 0.05) is 31.8 Å². The summed E-state index contributed by atoms with van der Waals surface area (Å²) < 4.78 is 18.6. The molecule has 9 heteroatoms. The highest BCUT2D eigenvalue weighted by Gasteiger charge is 2.26. The number of carbonyl (C=O) groups excluding carboxylic acids is 2. The Bertz CT molecular complexity index is 923. The average Bonchev–Trinajstić information content (AvgIpc) is 3.34. The Morgan fingerprint density at radius 1 is 1.18 bits per heavy atom. The molecule has 33 heavy (non-hydrogen) atoms. The molecule has 178 valence electrons. The predicted molar refractivity (Wildman–Crippen MR) is 120 cm³/mol. The maximum absolute atomic E-state index is 12.4. The first-order valence-electron chi connectivity index (χ1n) is 11.8. The fourth-order valence-corrected chi connectivity index (χ4v) is 4.37. The Hall–Kier alpha value is -2.94. The molecule has 2 fully saturated rings. The molecule has 2 aromatic rings. The van der Waals surface area contributed by atoms with Crippen molar-refractivity contribution in [2.24, 2.45) is 5.92 Å². The van der Waals surface area contributed by atoms with Crippen LogP contribution in [0.3, 0.4) is 0 Å². The van der Waals surface area contributed by atoms with E-state index >= 15 is 0 Å². The van der Waals surface area contributed by atoms with Gasteiger partial charge in [0.05, 0.1) is 30.8 Å². The van der Waals surface area contributed by atoms with Gasteiger partial charge < -0.3 is 19.1 Å². The number of likely N-dealkylation sites (tertiary alicyclic amines) is 1. The zero-order valence-corrected chi connectivity index (χ0v) is 19.1. The SMILES string of the molecule is CCOC(=O)CC(=O)N1CCC[C@@H](COc2ccc(-c3ccnn3C3CCCCO3)nc2)C1. The first-order chi connectivity index (χ1) is 16.1. The normalized spacial score (nSPS) is 20.9. The van der Waals surface area contributed by atoms with E-state index in [4.69, 9.17) is 14.2 Å². The fraction of sp³-hybridized carbons (Fsp3) is 0.583. The van der Waals surface area contributed by atoms with Crippen molar-refractivity contribution in [3.63, 3.8) is 0 Å². The zero-order chi connectivity index (χ0) is 23.0. The molecule has 0 aliphatic carbocycles. The third-order valence-electron chi connectivity index (χ3n) is 6.06. The van der Waals surface area contributed by atoms with Crippen LogP contribution in [0.4, 0.5) is 0 Å². The second-order valence-corrected chi connectivity index (χ2v) is 8.50. The Labute approximate surface area is 194 Å². The molecule has 0 saturated carbocycles. The number of esters is 1. The first-order valence-corrected chi connectivity index (χ1v) is 11.8. The third kappa shape index (κ3) is 6.10. The molecule has 9 nitrogen and oxygen atoms in total. The molecule has 4 heterocycles. The van der Waals surface area contributed by atoms with Gasteiger partial charge in [-0.05, 0) is 57.2 Å². The minimum Gasteiger partial charge on any atom is -0.492 e. The summed E-state index contributed by atoms with van der Waals surface area (Å²) >= 11 is 0. The molecule has 4 rings (SSSR count). The molecule has 1 amide bonds. The zero-order valence-electron chi connectivity index (χ0n) is 19.1. The Morgan fingerprint density at radius 3 is 2.85 bits per heavy atom. The van der Waals surface area contributed by atoms with Crippen molar-refractivity contribution in [3.05, 3.63) is 30.6 Å². The fourth-order valence-electron chi connectivity index (χ4n) is 4.37. The van der Waals surface area contributed by atoms with Gasteiger partial charge in [-0.15, -0.1) is 0 Å². The number of amides is 1. The van der Waals surface area contributed by atoms with E-state index in [1.807, 2.05) is 22.9 Å². The number of pyridine rings is 1. The summed E-state index contributed by atoms with van der Waals surface area (Å²) in [6, 6.07) is 5.79. The molecular formula is C24H32N4O5. The monoisotopic (exact) mass is 456 g/mol. The molecule has 0 spiro atoms. The van der Waals surface area contributed by atoms with Crippen molar-refractivity contribution in [1.82, 2.24) is 19.7 Å². The molecule has 2 aromatic heterocycles. The summed E-state index contributed by atoms with van der Waals surface area (Å²) in [5, 5.41) is 4.44. The van der Waals surface area contributed by atoms with Gasteiger partial charge in [0.1, 0.15) is 12.2 Å². The average molecular weight is 457 g/mol. The van der Waals surface area contributed by atoms with Crippen LogP contribution >= 0.6 is 0 Å². The lowest BCUT2D eigenvalue weighted by molar-refractivity contribution is -0.149. The highest BCUT2D eigenvalue weighted by molar-refractivity contribution is 5.94. The summed E-state index contributed by atoms with van der Waals surface area (Å²) in [6.45, 7) is 4.53. The molecule has 1 unspecified atom stereocenters. The van der Waals surface area contributed by atoms with Crippen molar-refractivity contribution in [2.75, 3.05) is 32.9 Å². The van der Waals surface area contributed by atoms with Crippen LogP contribution < -0.4 is 4.74 Å². The van der Waals surface area contributed by atoms with Crippen molar-refractivity contribution in [2.45, 2.75) is 51.7 Å². The maximum atomic E-state index is 12.4. The first kappa shape index (κ1) is 23.2. The largest absolute Gasteiger partial charge is 0.492 e. The van der Waals surface area contributed by atoms with E-state index in [2.05, 4.69) is 10.1 Å². The summed E-state index contributed by atoms with van der Waals surface area (Å²) in [6.07, 6.45) is 8.32. The van der Waals surface area contributed by atoms with E-state index in [1.165, 1.54) is 0 Å². The van der Waals surface area contributed by atoms with Crippen LogP contribution in [0.2, 0.25) is 0 Å². The van der Waals surface area contributed by atoms with Gasteiger partial charge in [0.25, 0.3) is 0 Å². The summed E-state index contributed by atoms with van der Waals surface area (Å²) in [7, 11) is 0.